The van der Waals surface area contributed by atoms with E-state index in [4.69, 9.17) is 9.47 Å². The third kappa shape index (κ3) is 4.03. The number of ether oxygens (including phenoxy) is 2. The molecule has 0 fully saturated rings. The molecule has 2 aromatic carbocycles. The van der Waals surface area contributed by atoms with Gasteiger partial charge in [0, 0.05) is 22.6 Å². The van der Waals surface area contributed by atoms with Crippen LogP contribution in [0.3, 0.4) is 0 Å². The fraction of sp³-hybridized carbons (Fsp3) is 0.227. The molecule has 4 nitrogen and oxygen atoms in total. The van der Waals surface area contributed by atoms with Gasteiger partial charge < -0.3 is 14.0 Å². The van der Waals surface area contributed by atoms with Crippen molar-refractivity contribution in [3.05, 3.63) is 77.4 Å². The van der Waals surface area contributed by atoms with Gasteiger partial charge in [0.1, 0.15) is 5.75 Å². The van der Waals surface area contributed by atoms with Crippen molar-refractivity contribution in [2.75, 3.05) is 13.2 Å². The number of hydrogen-bond acceptors (Lipinski definition) is 3. The third-order valence-corrected chi connectivity index (χ3v) is 4.33. The normalized spacial score (nSPS) is 10.7. The molecule has 0 bridgehead atoms. The van der Waals surface area contributed by atoms with E-state index in [0.717, 1.165) is 22.8 Å². The highest BCUT2D eigenvalue weighted by molar-refractivity contribution is 5.98. The maximum Gasteiger partial charge on any atom is 0.202 e. The van der Waals surface area contributed by atoms with Gasteiger partial charge in [-0.05, 0) is 63.2 Å². The van der Waals surface area contributed by atoms with Gasteiger partial charge in [0.15, 0.2) is 18.2 Å². The molecule has 27 heavy (non-hydrogen) atoms. The van der Waals surface area contributed by atoms with E-state index in [2.05, 4.69) is 0 Å². The minimum absolute atomic E-state index is 0.0752. The number of hydrogen-bond donors (Lipinski definition) is 0. The second kappa shape index (κ2) is 8.08. The predicted octanol–water partition coefficient (Wildman–Crippen LogP) is 4.89. The second-order valence-electron chi connectivity index (χ2n) is 6.19. The van der Waals surface area contributed by atoms with E-state index in [1.807, 2.05) is 55.7 Å². The average Bonchev–Trinajstić information content (AvgIpc) is 2.96. The fourth-order valence-electron chi connectivity index (χ4n) is 3.08. The smallest absolute Gasteiger partial charge is 0.202 e. The number of carbonyl (C=O) groups is 1. The zero-order valence-corrected chi connectivity index (χ0v) is 15.7. The molecule has 0 N–H and O–H groups in total. The van der Waals surface area contributed by atoms with Crippen molar-refractivity contribution in [2.24, 2.45) is 0 Å². The standard InChI is InChI=1S/C22H22FNO3/c1-4-26-18-11-9-17(10-12-18)24-15(2)13-19(16(24)3)21(25)14-27-22-8-6-5-7-20(22)23/h5-13H,4,14H2,1-3H3. The Bertz CT molecular complexity index is 945. The van der Waals surface area contributed by atoms with Crippen molar-refractivity contribution in [1.29, 1.82) is 0 Å². The Balaban J connectivity index is 1.80. The molecular formula is C22H22FNO3. The van der Waals surface area contributed by atoms with Gasteiger partial charge >= 0.3 is 0 Å². The van der Waals surface area contributed by atoms with Crippen LogP contribution in [0.5, 0.6) is 11.5 Å². The van der Waals surface area contributed by atoms with Crippen LogP contribution >= 0.6 is 0 Å². The molecule has 0 aliphatic carbocycles. The van der Waals surface area contributed by atoms with Gasteiger partial charge in [0.25, 0.3) is 0 Å². The Hall–Kier alpha value is -3.08. The molecule has 3 rings (SSSR count). The summed E-state index contributed by atoms with van der Waals surface area (Å²) in [7, 11) is 0. The number of Topliss-reactive ketones (excluding diaryl/α,β-unsaturated/α-hetero) is 1. The van der Waals surface area contributed by atoms with E-state index < -0.39 is 5.82 Å². The van der Waals surface area contributed by atoms with E-state index in [-0.39, 0.29) is 18.1 Å². The van der Waals surface area contributed by atoms with Crippen LogP contribution < -0.4 is 9.47 Å². The number of rotatable bonds is 7. The summed E-state index contributed by atoms with van der Waals surface area (Å²) in [5.74, 6) is 0.207. The lowest BCUT2D eigenvalue weighted by atomic mass is 10.1. The monoisotopic (exact) mass is 367 g/mol. The van der Waals surface area contributed by atoms with E-state index >= 15 is 0 Å². The maximum absolute atomic E-state index is 13.6. The molecular weight excluding hydrogens is 345 g/mol. The Kier molecular flexibility index (Phi) is 5.60. The zero-order chi connectivity index (χ0) is 19.4. The largest absolute Gasteiger partial charge is 0.494 e. The lowest BCUT2D eigenvalue weighted by Gasteiger charge is -2.11. The van der Waals surface area contributed by atoms with Gasteiger partial charge in [0.05, 0.1) is 6.61 Å². The van der Waals surface area contributed by atoms with Crippen molar-refractivity contribution >= 4 is 5.78 Å². The second-order valence-corrected chi connectivity index (χ2v) is 6.19. The van der Waals surface area contributed by atoms with Crippen LogP contribution in [-0.4, -0.2) is 23.6 Å². The van der Waals surface area contributed by atoms with Crippen LogP contribution in [0.2, 0.25) is 0 Å². The van der Waals surface area contributed by atoms with Crippen molar-refractivity contribution in [3.8, 4) is 17.2 Å². The lowest BCUT2D eigenvalue weighted by Crippen LogP contribution is -2.13. The van der Waals surface area contributed by atoms with Gasteiger partial charge in [-0.1, -0.05) is 12.1 Å². The summed E-state index contributed by atoms with van der Waals surface area (Å²) in [4.78, 5) is 12.6. The Labute approximate surface area is 158 Å². The maximum atomic E-state index is 13.6. The molecule has 140 valence electrons. The summed E-state index contributed by atoms with van der Waals surface area (Å²) in [6.07, 6.45) is 0. The van der Waals surface area contributed by atoms with Gasteiger partial charge in [-0.3, -0.25) is 4.79 Å². The Morgan fingerprint density at radius 1 is 1.04 bits per heavy atom. The number of carbonyl (C=O) groups excluding carboxylic acids is 1. The zero-order valence-electron chi connectivity index (χ0n) is 15.7. The average molecular weight is 367 g/mol. The first-order chi connectivity index (χ1) is 13.0. The number of halogens is 1. The number of nitrogens with zero attached hydrogens (tertiary/aromatic N) is 1. The first kappa shape index (κ1) is 18.7. The topological polar surface area (TPSA) is 40.5 Å². The highest BCUT2D eigenvalue weighted by Crippen LogP contribution is 2.24. The van der Waals surface area contributed by atoms with E-state index in [9.17, 15) is 9.18 Å². The third-order valence-electron chi connectivity index (χ3n) is 4.33. The summed E-state index contributed by atoms with van der Waals surface area (Å²) in [5, 5.41) is 0. The molecule has 0 atom stereocenters. The van der Waals surface area contributed by atoms with Crippen LogP contribution in [0.25, 0.3) is 5.69 Å². The van der Waals surface area contributed by atoms with Crippen LogP contribution in [-0.2, 0) is 0 Å². The van der Waals surface area contributed by atoms with Crippen LogP contribution in [0.4, 0.5) is 4.39 Å². The van der Waals surface area contributed by atoms with Crippen molar-refractivity contribution < 1.29 is 18.7 Å². The summed E-state index contributed by atoms with van der Waals surface area (Å²) in [6.45, 7) is 6.17. The minimum atomic E-state index is -0.481. The van der Waals surface area contributed by atoms with E-state index in [1.165, 1.54) is 12.1 Å². The summed E-state index contributed by atoms with van der Waals surface area (Å²) in [6, 6.07) is 15.6. The summed E-state index contributed by atoms with van der Waals surface area (Å²) in [5.41, 5.74) is 3.27. The molecule has 3 aromatic rings. The number of para-hydroxylation sites is 1. The minimum Gasteiger partial charge on any atom is -0.494 e. The van der Waals surface area contributed by atoms with Gasteiger partial charge in [0.2, 0.25) is 5.78 Å². The molecule has 0 saturated carbocycles. The molecule has 0 aliphatic heterocycles. The molecule has 5 heteroatoms. The molecule has 0 unspecified atom stereocenters. The molecule has 1 heterocycles. The summed E-state index contributed by atoms with van der Waals surface area (Å²) >= 11 is 0. The number of aryl methyl sites for hydroxylation is 1. The van der Waals surface area contributed by atoms with Crippen molar-refractivity contribution in [3.63, 3.8) is 0 Å². The lowest BCUT2D eigenvalue weighted by molar-refractivity contribution is 0.0918. The van der Waals surface area contributed by atoms with Crippen LogP contribution in [0.1, 0.15) is 28.7 Å². The molecule has 0 saturated heterocycles. The Morgan fingerprint density at radius 3 is 2.41 bits per heavy atom. The highest BCUT2D eigenvalue weighted by Gasteiger charge is 2.17. The molecule has 0 amide bonds. The first-order valence-electron chi connectivity index (χ1n) is 8.84. The first-order valence-corrected chi connectivity index (χ1v) is 8.84. The fourth-order valence-corrected chi connectivity index (χ4v) is 3.08. The van der Waals surface area contributed by atoms with Crippen LogP contribution in [0.15, 0.2) is 54.6 Å². The van der Waals surface area contributed by atoms with Gasteiger partial charge in [-0.2, -0.15) is 0 Å². The number of benzene rings is 2. The molecule has 0 aliphatic rings. The van der Waals surface area contributed by atoms with Crippen molar-refractivity contribution in [1.82, 2.24) is 4.57 Å². The Morgan fingerprint density at radius 2 is 1.74 bits per heavy atom. The quantitative estimate of drug-likeness (QED) is 0.558. The summed E-state index contributed by atoms with van der Waals surface area (Å²) < 4.78 is 26.5. The SMILES string of the molecule is CCOc1ccc(-n2c(C)cc(C(=O)COc3ccccc3F)c2C)cc1. The number of ketones is 1. The van der Waals surface area contributed by atoms with E-state index in [0.29, 0.717) is 12.2 Å². The molecule has 0 radical (unpaired) electrons. The molecule has 1 aromatic heterocycles. The molecule has 0 spiro atoms. The van der Waals surface area contributed by atoms with Crippen molar-refractivity contribution in [2.45, 2.75) is 20.8 Å². The number of aromatic nitrogens is 1. The highest BCUT2D eigenvalue weighted by atomic mass is 19.1. The van der Waals surface area contributed by atoms with E-state index in [1.54, 1.807) is 12.1 Å². The van der Waals surface area contributed by atoms with Gasteiger partial charge in [-0.15, -0.1) is 0 Å². The van der Waals surface area contributed by atoms with Gasteiger partial charge in [-0.25, -0.2) is 4.39 Å². The predicted molar refractivity (Wildman–Crippen MR) is 103 cm³/mol. The van der Waals surface area contributed by atoms with Crippen LogP contribution in [0, 0.1) is 19.7 Å².